The fourth-order valence-corrected chi connectivity index (χ4v) is 5.16. The maximum absolute atomic E-state index is 12.5. The summed E-state index contributed by atoms with van der Waals surface area (Å²) in [7, 11) is -3.49. The van der Waals surface area contributed by atoms with E-state index in [2.05, 4.69) is 37.4 Å². The van der Waals surface area contributed by atoms with Crippen molar-refractivity contribution in [3.8, 4) is 0 Å². The van der Waals surface area contributed by atoms with Crippen molar-refractivity contribution in [2.24, 2.45) is 16.6 Å². The van der Waals surface area contributed by atoms with Gasteiger partial charge in [-0.15, -0.1) is 0 Å². The molecule has 1 saturated carbocycles. The number of nitrogens with one attached hydrogen (secondary N) is 2. The number of H-pyrrole nitrogens is 1. The summed E-state index contributed by atoms with van der Waals surface area (Å²) in [6, 6.07) is 1.58. The van der Waals surface area contributed by atoms with E-state index in [4.69, 9.17) is 5.73 Å². The number of hydrogen-bond acceptors (Lipinski definition) is 3. The molecule has 1 aliphatic rings. The van der Waals surface area contributed by atoms with Crippen LogP contribution in [0.15, 0.2) is 17.2 Å². The van der Waals surface area contributed by atoms with E-state index in [0.717, 1.165) is 25.0 Å². The van der Waals surface area contributed by atoms with Crippen molar-refractivity contribution >= 4 is 10.0 Å². The van der Waals surface area contributed by atoms with E-state index < -0.39 is 10.0 Å². The SMILES string of the molecule is CC1(C)CC(NS(=O)(=O)c2c[nH]c(CN)c2)CC(C)(C)C1. The second-order valence-electron chi connectivity index (χ2n) is 7.80. The Kier molecular flexibility index (Phi) is 4.26. The molecule has 0 amide bonds. The van der Waals surface area contributed by atoms with Crippen LogP contribution >= 0.6 is 0 Å². The van der Waals surface area contributed by atoms with Gasteiger partial charge in [-0.05, 0) is 36.2 Å². The van der Waals surface area contributed by atoms with E-state index in [9.17, 15) is 8.42 Å². The maximum Gasteiger partial charge on any atom is 0.242 e. The molecule has 4 N–H and O–H groups in total. The lowest BCUT2D eigenvalue weighted by atomic mass is 9.64. The summed E-state index contributed by atoms with van der Waals surface area (Å²) in [5.41, 5.74) is 6.53. The van der Waals surface area contributed by atoms with Crippen LogP contribution in [0.2, 0.25) is 0 Å². The van der Waals surface area contributed by atoms with Crippen molar-refractivity contribution in [3.05, 3.63) is 18.0 Å². The number of sulfonamides is 1. The molecular weight excluding hydrogens is 286 g/mol. The van der Waals surface area contributed by atoms with Crippen molar-refractivity contribution in [1.82, 2.24) is 9.71 Å². The number of hydrogen-bond donors (Lipinski definition) is 3. The summed E-state index contributed by atoms with van der Waals surface area (Å²) in [5, 5.41) is 0. The van der Waals surface area contributed by atoms with Gasteiger partial charge in [0.25, 0.3) is 0 Å². The first kappa shape index (κ1) is 16.5. The van der Waals surface area contributed by atoms with Gasteiger partial charge in [0, 0.05) is 24.5 Å². The Morgan fingerprint density at radius 3 is 2.33 bits per heavy atom. The maximum atomic E-state index is 12.5. The van der Waals surface area contributed by atoms with Crippen LogP contribution in [0.4, 0.5) is 0 Å². The zero-order valence-corrected chi connectivity index (χ0v) is 14.2. The molecule has 6 heteroatoms. The fourth-order valence-electron chi connectivity index (χ4n) is 3.91. The Labute approximate surface area is 127 Å². The zero-order valence-electron chi connectivity index (χ0n) is 13.4. The van der Waals surface area contributed by atoms with Gasteiger partial charge in [-0.1, -0.05) is 27.7 Å². The largest absolute Gasteiger partial charge is 0.363 e. The Bertz CT molecular complexity index is 586. The predicted molar refractivity (Wildman–Crippen MR) is 84.2 cm³/mol. The van der Waals surface area contributed by atoms with E-state index >= 15 is 0 Å². The second-order valence-corrected chi connectivity index (χ2v) is 9.51. The Morgan fingerprint density at radius 1 is 1.29 bits per heavy atom. The van der Waals surface area contributed by atoms with Crippen LogP contribution in [-0.4, -0.2) is 19.4 Å². The molecule has 0 atom stereocenters. The molecule has 1 aromatic heterocycles. The van der Waals surface area contributed by atoms with Gasteiger partial charge in [-0.25, -0.2) is 13.1 Å². The predicted octanol–water partition coefficient (Wildman–Crippen LogP) is 2.36. The van der Waals surface area contributed by atoms with E-state index in [-0.39, 0.29) is 21.8 Å². The fraction of sp³-hybridized carbons (Fsp3) is 0.733. The van der Waals surface area contributed by atoms with Crippen molar-refractivity contribution in [2.75, 3.05) is 0 Å². The van der Waals surface area contributed by atoms with Crippen molar-refractivity contribution in [3.63, 3.8) is 0 Å². The standard InChI is InChI=1S/C15H27N3O2S/c1-14(2)6-12(7-15(3,4)10-14)18-21(19,20)13-5-11(8-16)17-9-13/h5,9,12,17-18H,6-8,10,16H2,1-4H3. The molecule has 0 aromatic carbocycles. The number of nitrogens with two attached hydrogens (primary N) is 1. The molecule has 0 spiro atoms. The highest BCUT2D eigenvalue weighted by Gasteiger charge is 2.39. The van der Waals surface area contributed by atoms with Crippen molar-refractivity contribution < 1.29 is 8.42 Å². The second kappa shape index (κ2) is 5.41. The van der Waals surface area contributed by atoms with E-state index in [1.165, 1.54) is 6.20 Å². The summed E-state index contributed by atoms with van der Waals surface area (Å²) < 4.78 is 27.8. The lowest BCUT2D eigenvalue weighted by molar-refractivity contribution is 0.0934. The minimum absolute atomic E-state index is 0.0232. The molecule has 0 radical (unpaired) electrons. The zero-order chi connectivity index (χ0) is 15.9. The van der Waals surface area contributed by atoms with Crippen molar-refractivity contribution in [1.29, 1.82) is 0 Å². The average molecular weight is 313 g/mol. The molecule has 21 heavy (non-hydrogen) atoms. The van der Waals surface area contributed by atoms with E-state index in [1.807, 2.05) is 0 Å². The molecule has 2 rings (SSSR count). The lowest BCUT2D eigenvalue weighted by Crippen LogP contribution is -2.45. The molecule has 0 saturated heterocycles. The molecule has 0 bridgehead atoms. The van der Waals surface area contributed by atoms with Gasteiger partial charge in [0.05, 0.1) is 4.90 Å². The highest BCUT2D eigenvalue weighted by molar-refractivity contribution is 7.89. The van der Waals surface area contributed by atoms with Crippen LogP contribution in [-0.2, 0) is 16.6 Å². The molecule has 5 nitrogen and oxygen atoms in total. The van der Waals surface area contributed by atoms with E-state index in [0.29, 0.717) is 6.54 Å². The van der Waals surface area contributed by atoms with Gasteiger partial charge >= 0.3 is 0 Å². The molecule has 1 aromatic rings. The highest BCUT2D eigenvalue weighted by Crippen LogP contribution is 2.45. The van der Waals surface area contributed by atoms with Gasteiger partial charge < -0.3 is 10.7 Å². The molecular formula is C15H27N3O2S. The number of aromatic amines is 1. The first-order chi connectivity index (χ1) is 9.53. The van der Waals surface area contributed by atoms with Crippen LogP contribution in [0.1, 0.15) is 52.7 Å². The molecule has 1 heterocycles. The van der Waals surface area contributed by atoms with Crippen LogP contribution in [0.5, 0.6) is 0 Å². The van der Waals surface area contributed by atoms with Crippen LogP contribution in [0.3, 0.4) is 0 Å². The Morgan fingerprint density at radius 2 is 1.86 bits per heavy atom. The van der Waals surface area contributed by atoms with Crippen LogP contribution < -0.4 is 10.5 Å². The summed E-state index contributed by atoms with van der Waals surface area (Å²) in [4.78, 5) is 3.15. The summed E-state index contributed by atoms with van der Waals surface area (Å²) in [6.07, 6.45) is 4.34. The number of aromatic nitrogens is 1. The topological polar surface area (TPSA) is 88.0 Å². The third kappa shape index (κ3) is 4.08. The first-order valence-corrected chi connectivity index (χ1v) is 8.91. The van der Waals surface area contributed by atoms with Crippen LogP contribution in [0, 0.1) is 10.8 Å². The molecule has 120 valence electrons. The first-order valence-electron chi connectivity index (χ1n) is 7.43. The highest BCUT2D eigenvalue weighted by atomic mass is 32.2. The normalized spacial score (nSPS) is 22.3. The quantitative estimate of drug-likeness (QED) is 0.797. The Balaban J connectivity index is 2.16. The van der Waals surface area contributed by atoms with Gasteiger partial charge in [-0.3, -0.25) is 0 Å². The minimum atomic E-state index is -3.49. The summed E-state index contributed by atoms with van der Waals surface area (Å²) in [5.74, 6) is 0. The summed E-state index contributed by atoms with van der Waals surface area (Å²) >= 11 is 0. The minimum Gasteiger partial charge on any atom is -0.363 e. The Hall–Kier alpha value is -0.850. The summed E-state index contributed by atoms with van der Waals surface area (Å²) in [6.45, 7) is 9.13. The number of rotatable bonds is 4. The molecule has 0 unspecified atom stereocenters. The van der Waals surface area contributed by atoms with Gasteiger partial charge in [0.1, 0.15) is 0 Å². The lowest BCUT2D eigenvalue weighted by Gasteiger charge is -2.45. The van der Waals surface area contributed by atoms with Crippen LogP contribution in [0.25, 0.3) is 0 Å². The van der Waals surface area contributed by atoms with Crippen molar-refractivity contribution in [2.45, 2.75) is 64.4 Å². The average Bonchev–Trinajstić information content (AvgIpc) is 2.72. The van der Waals surface area contributed by atoms with E-state index in [1.54, 1.807) is 6.07 Å². The van der Waals surface area contributed by atoms with Gasteiger partial charge in [-0.2, -0.15) is 0 Å². The van der Waals surface area contributed by atoms with Gasteiger partial charge in [0.15, 0.2) is 0 Å². The molecule has 0 aliphatic heterocycles. The third-order valence-corrected chi connectivity index (χ3v) is 5.62. The monoisotopic (exact) mass is 313 g/mol. The third-order valence-electron chi connectivity index (χ3n) is 4.12. The smallest absolute Gasteiger partial charge is 0.242 e. The molecule has 1 aliphatic carbocycles. The molecule has 1 fully saturated rings. The van der Waals surface area contributed by atoms with Gasteiger partial charge in [0.2, 0.25) is 10.0 Å².